The topological polar surface area (TPSA) is 70.8 Å². The summed E-state index contributed by atoms with van der Waals surface area (Å²) in [6, 6.07) is 15.2. The third-order valence-electron chi connectivity index (χ3n) is 4.69. The zero-order valence-electron chi connectivity index (χ0n) is 17.4. The number of aryl methyl sites for hydroxylation is 1. The molecule has 1 amide bonds. The second-order valence-corrected chi connectivity index (χ2v) is 8.09. The molecule has 0 aliphatic rings. The average molecular weight is 442 g/mol. The first-order valence-corrected chi connectivity index (χ1v) is 11.1. The number of carbonyl (C=O) groups is 2. The Morgan fingerprint density at radius 2 is 1.87 bits per heavy atom. The number of aliphatic carboxylic acids is 1. The highest BCUT2D eigenvalue weighted by atomic mass is 32.2. The number of halogens is 1. The number of carbonyl (C=O) groups excluding carboxylic acids is 1. The van der Waals surface area contributed by atoms with Crippen molar-refractivity contribution in [2.75, 3.05) is 17.2 Å². The standard InChI is InChI=1S/C24H24FNO4S/c1-3-11-26(20-6-4-5-17(12-20)14-31-15-23(27)28)24(29)21-13-22(30-16(21)2)18-7-9-19(25)10-8-18/h4-10,12-13H,3,11,14-15H2,1-2H3,(H,27,28). The SMILES string of the molecule is CCCN(C(=O)c1cc(-c2ccc(F)cc2)oc1C)c1cccc(CSCC(=O)O)c1. The Hall–Kier alpha value is -3.06. The lowest BCUT2D eigenvalue weighted by Gasteiger charge is -2.22. The van der Waals surface area contributed by atoms with E-state index < -0.39 is 5.97 Å². The molecule has 0 bridgehead atoms. The highest BCUT2D eigenvalue weighted by molar-refractivity contribution is 7.99. The fraction of sp³-hybridized carbons (Fsp3) is 0.250. The zero-order valence-corrected chi connectivity index (χ0v) is 18.2. The summed E-state index contributed by atoms with van der Waals surface area (Å²) in [5.41, 5.74) is 2.86. The van der Waals surface area contributed by atoms with Crippen LogP contribution < -0.4 is 4.90 Å². The second-order valence-electron chi connectivity index (χ2n) is 7.10. The van der Waals surface area contributed by atoms with E-state index in [4.69, 9.17) is 9.52 Å². The number of amides is 1. The smallest absolute Gasteiger partial charge is 0.313 e. The molecular formula is C24H24FNO4S. The van der Waals surface area contributed by atoms with Gasteiger partial charge in [0.1, 0.15) is 17.3 Å². The molecular weight excluding hydrogens is 417 g/mol. The van der Waals surface area contributed by atoms with Gasteiger partial charge in [0, 0.05) is 23.5 Å². The van der Waals surface area contributed by atoms with Crippen molar-refractivity contribution in [1.29, 1.82) is 0 Å². The van der Waals surface area contributed by atoms with E-state index in [0.29, 0.717) is 34.9 Å². The number of thioether (sulfide) groups is 1. The number of anilines is 1. The number of hydrogen-bond acceptors (Lipinski definition) is 4. The number of benzene rings is 2. The largest absolute Gasteiger partial charge is 0.481 e. The number of furan rings is 1. The number of hydrogen-bond donors (Lipinski definition) is 1. The van der Waals surface area contributed by atoms with E-state index in [0.717, 1.165) is 17.7 Å². The molecule has 0 unspecified atom stereocenters. The van der Waals surface area contributed by atoms with Crippen LogP contribution in [0, 0.1) is 12.7 Å². The Morgan fingerprint density at radius 1 is 1.13 bits per heavy atom. The highest BCUT2D eigenvalue weighted by Gasteiger charge is 2.23. The summed E-state index contributed by atoms with van der Waals surface area (Å²) in [6.07, 6.45) is 0.769. The van der Waals surface area contributed by atoms with Crippen molar-refractivity contribution in [3.05, 3.63) is 77.3 Å². The molecule has 0 atom stereocenters. The quantitative estimate of drug-likeness (QED) is 0.457. The molecule has 0 radical (unpaired) electrons. The van der Waals surface area contributed by atoms with Crippen LogP contribution in [0.25, 0.3) is 11.3 Å². The summed E-state index contributed by atoms with van der Waals surface area (Å²) in [4.78, 5) is 25.8. The Labute approximate surface area is 184 Å². The summed E-state index contributed by atoms with van der Waals surface area (Å²) >= 11 is 1.31. The molecule has 3 rings (SSSR count). The van der Waals surface area contributed by atoms with Crippen LogP contribution in [0.1, 0.15) is 35.0 Å². The molecule has 3 aromatic rings. The average Bonchev–Trinajstić information content (AvgIpc) is 3.13. The van der Waals surface area contributed by atoms with Crippen molar-refractivity contribution >= 4 is 29.3 Å². The molecule has 162 valence electrons. The molecule has 0 aliphatic heterocycles. The predicted octanol–water partition coefficient (Wildman–Crippen LogP) is 5.77. The van der Waals surface area contributed by atoms with E-state index in [1.54, 1.807) is 30.0 Å². The van der Waals surface area contributed by atoms with Crippen LogP contribution in [0.4, 0.5) is 10.1 Å². The minimum Gasteiger partial charge on any atom is -0.481 e. The van der Waals surface area contributed by atoms with Gasteiger partial charge in [0.05, 0.1) is 11.3 Å². The maximum Gasteiger partial charge on any atom is 0.313 e. The fourth-order valence-corrected chi connectivity index (χ4v) is 3.93. The lowest BCUT2D eigenvalue weighted by Crippen LogP contribution is -2.31. The first-order chi connectivity index (χ1) is 14.9. The number of nitrogens with zero attached hydrogens (tertiary/aromatic N) is 1. The van der Waals surface area contributed by atoms with Gasteiger partial charge in [-0.25, -0.2) is 4.39 Å². The Bertz CT molecular complexity index is 1060. The number of carboxylic acid groups (broad SMARTS) is 1. The third-order valence-corrected chi connectivity index (χ3v) is 5.67. The molecule has 0 spiro atoms. The summed E-state index contributed by atoms with van der Waals surface area (Å²) in [5, 5.41) is 8.83. The van der Waals surface area contributed by atoms with Crippen LogP contribution >= 0.6 is 11.8 Å². The summed E-state index contributed by atoms with van der Waals surface area (Å²) in [7, 11) is 0. The first kappa shape index (κ1) is 22.6. The van der Waals surface area contributed by atoms with Crippen molar-refractivity contribution in [3.63, 3.8) is 0 Å². The van der Waals surface area contributed by atoms with Gasteiger partial charge in [0.15, 0.2) is 0 Å². The van der Waals surface area contributed by atoms with Gasteiger partial charge in [-0.05, 0) is 61.4 Å². The van der Waals surface area contributed by atoms with Gasteiger partial charge in [-0.1, -0.05) is 19.1 Å². The van der Waals surface area contributed by atoms with Gasteiger partial charge >= 0.3 is 5.97 Å². The fourth-order valence-electron chi connectivity index (χ4n) is 3.24. The van der Waals surface area contributed by atoms with E-state index in [1.807, 2.05) is 31.2 Å². The maximum absolute atomic E-state index is 13.4. The Morgan fingerprint density at radius 3 is 2.55 bits per heavy atom. The summed E-state index contributed by atoms with van der Waals surface area (Å²) < 4.78 is 19.0. The predicted molar refractivity (Wildman–Crippen MR) is 121 cm³/mol. The van der Waals surface area contributed by atoms with Crippen molar-refractivity contribution in [3.8, 4) is 11.3 Å². The third kappa shape index (κ3) is 5.76. The molecule has 0 aliphatic carbocycles. The van der Waals surface area contributed by atoms with Crippen molar-refractivity contribution in [2.45, 2.75) is 26.0 Å². The van der Waals surface area contributed by atoms with Crippen molar-refractivity contribution < 1.29 is 23.5 Å². The van der Waals surface area contributed by atoms with Gasteiger partial charge in [-0.3, -0.25) is 9.59 Å². The lowest BCUT2D eigenvalue weighted by atomic mass is 10.1. The molecule has 0 saturated carbocycles. The van der Waals surface area contributed by atoms with Crippen LogP contribution in [0.15, 0.2) is 59.0 Å². The van der Waals surface area contributed by atoms with Crippen LogP contribution in [-0.2, 0) is 10.5 Å². The first-order valence-electron chi connectivity index (χ1n) is 9.95. The molecule has 0 saturated heterocycles. The minimum absolute atomic E-state index is 0.0300. The van der Waals surface area contributed by atoms with Gasteiger partial charge in [0.2, 0.25) is 0 Å². The van der Waals surface area contributed by atoms with Crippen LogP contribution in [0.5, 0.6) is 0 Å². The number of rotatable bonds is 9. The Kier molecular flexibility index (Phi) is 7.52. The molecule has 1 heterocycles. The van der Waals surface area contributed by atoms with Crippen LogP contribution in [0.3, 0.4) is 0 Å². The summed E-state index contributed by atoms with van der Waals surface area (Å²) in [5.74, 6) is 0.229. The van der Waals surface area contributed by atoms with E-state index in [1.165, 1.54) is 23.9 Å². The molecule has 1 aromatic heterocycles. The molecule has 1 N–H and O–H groups in total. The van der Waals surface area contributed by atoms with Crippen LogP contribution in [-0.4, -0.2) is 29.3 Å². The van der Waals surface area contributed by atoms with Gasteiger partial charge in [0.25, 0.3) is 5.91 Å². The van der Waals surface area contributed by atoms with E-state index in [9.17, 15) is 14.0 Å². The second kappa shape index (κ2) is 10.3. The van der Waals surface area contributed by atoms with E-state index in [2.05, 4.69) is 0 Å². The monoisotopic (exact) mass is 441 g/mol. The van der Waals surface area contributed by atoms with Crippen molar-refractivity contribution in [1.82, 2.24) is 0 Å². The van der Waals surface area contributed by atoms with Crippen molar-refractivity contribution in [2.24, 2.45) is 0 Å². The maximum atomic E-state index is 13.4. The highest BCUT2D eigenvalue weighted by Crippen LogP contribution is 2.28. The zero-order chi connectivity index (χ0) is 22.4. The van der Waals surface area contributed by atoms with Gasteiger partial charge in [-0.2, -0.15) is 0 Å². The van der Waals surface area contributed by atoms with Gasteiger partial charge < -0.3 is 14.4 Å². The Balaban J connectivity index is 1.86. The van der Waals surface area contributed by atoms with E-state index >= 15 is 0 Å². The van der Waals surface area contributed by atoms with E-state index in [-0.39, 0.29) is 17.5 Å². The number of carboxylic acids is 1. The molecule has 7 heteroatoms. The molecule has 0 fully saturated rings. The normalized spacial score (nSPS) is 10.8. The summed E-state index contributed by atoms with van der Waals surface area (Å²) in [6.45, 7) is 4.27. The molecule has 31 heavy (non-hydrogen) atoms. The van der Waals surface area contributed by atoms with Gasteiger partial charge in [-0.15, -0.1) is 11.8 Å². The minimum atomic E-state index is -0.851. The van der Waals surface area contributed by atoms with Crippen LogP contribution in [0.2, 0.25) is 0 Å². The molecule has 5 nitrogen and oxygen atoms in total. The molecule has 2 aromatic carbocycles. The lowest BCUT2D eigenvalue weighted by molar-refractivity contribution is -0.133.